The average Bonchev–Trinajstić information content (AvgIpc) is 2.97. The molecule has 2 atom stereocenters. The highest BCUT2D eigenvalue weighted by Crippen LogP contribution is 2.27. The van der Waals surface area contributed by atoms with Gasteiger partial charge in [0.2, 0.25) is 0 Å². The van der Waals surface area contributed by atoms with Crippen molar-refractivity contribution in [1.29, 1.82) is 0 Å². The van der Waals surface area contributed by atoms with Crippen molar-refractivity contribution in [2.45, 2.75) is 33.0 Å². The molecule has 2 N–H and O–H groups in total. The molecule has 0 saturated carbocycles. The van der Waals surface area contributed by atoms with Gasteiger partial charge in [-0.15, -0.1) is 0 Å². The molecule has 1 heterocycles. The highest BCUT2D eigenvalue weighted by atomic mass is 16.3. The van der Waals surface area contributed by atoms with Crippen molar-refractivity contribution in [3.8, 4) is 0 Å². The van der Waals surface area contributed by atoms with Gasteiger partial charge in [-0.3, -0.25) is 4.79 Å². The normalized spacial score (nSPS) is 14.5. The lowest BCUT2D eigenvalue weighted by Gasteiger charge is -2.34. The van der Waals surface area contributed by atoms with Crippen molar-refractivity contribution in [1.82, 2.24) is 14.9 Å². The van der Waals surface area contributed by atoms with E-state index >= 15 is 0 Å². The minimum Gasteiger partial charge on any atom is -0.388 e. The molecule has 2 rings (SSSR count). The third kappa shape index (κ3) is 3.70. The van der Waals surface area contributed by atoms with Crippen molar-refractivity contribution < 1.29 is 9.90 Å². The standard InChI is InChI=1S/C16H21N3O2/c1-16(2,3)13(20)14(19-10-9-17-11-19)18-15(21)12-7-5-4-6-8-12/h4-11,13-14,20H,1-3H3,(H,18,21). The lowest BCUT2D eigenvalue weighted by Crippen LogP contribution is -2.45. The van der Waals surface area contributed by atoms with Gasteiger partial charge in [-0.25, -0.2) is 4.98 Å². The van der Waals surface area contributed by atoms with Crippen LogP contribution in [0.3, 0.4) is 0 Å². The number of hydrogen-bond acceptors (Lipinski definition) is 3. The van der Waals surface area contributed by atoms with Crippen LogP contribution >= 0.6 is 0 Å². The zero-order valence-corrected chi connectivity index (χ0v) is 12.5. The fraction of sp³-hybridized carbons (Fsp3) is 0.375. The molecule has 2 unspecified atom stereocenters. The van der Waals surface area contributed by atoms with Crippen LogP contribution in [0, 0.1) is 5.41 Å². The summed E-state index contributed by atoms with van der Waals surface area (Å²) in [4.78, 5) is 16.3. The van der Waals surface area contributed by atoms with Gasteiger partial charge in [0.1, 0.15) is 6.17 Å². The number of carbonyl (C=O) groups excluding carboxylic acids is 1. The number of rotatable bonds is 4. The molecule has 21 heavy (non-hydrogen) atoms. The van der Waals surface area contributed by atoms with E-state index in [1.54, 1.807) is 47.6 Å². The Morgan fingerprint density at radius 1 is 1.29 bits per heavy atom. The Morgan fingerprint density at radius 3 is 2.48 bits per heavy atom. The van der Waals surface area contributed by atoms with Crippen molar-refractivity contribution in [2.75, 3.05) is 0 Å². The van der Waals surface area contributed by atoms with E-state index in [4.69, 9.17) is 0 Å². The molecule has 0 saturated heterocycles. The molecule has 5 heteroatoms. The van der Waals surface area contributed by atoms with E-state index in [9.17, 15) is 9.90 Å². The van der Waals surface area contributed by atoms with Crippen molar-refractivity contribution in [3.05, 3.63) is 54.6 Å². The van der Waals surface area contributed by atoms with Gasteiger partial charge < -0.3 is 15.0 Å². The molecule has 1 amide bonds. The van der Waals surface area contributed by atoms with Gasteiger partial charge in [0.15, 0.2) is 0 Å². The third-order valence-corrected chi connectivity index (χ3v) is 3.35. The minimum absolute atomic E-state index is 0.224. The fourth-order valence-electron chi connectivity index (χ4n) is 2.03. The number of imidazole rings is 1. The van der Waals surface area contributed by atoms with E-state index in [1.165, 1.54) is 0 Å². The van der Waals surface area contributed by atoms with Gasteiger partial charge in [0.25, 0.3) is 5.91 Å². The molecule has 1 aromatic carbocycles. The number of benzene rings is 1. The van der Waals surface area contributed by atoms with Crippen molar-refractivity contribution >= 4 is 5.91 Å². The van der Waals surface area contributed by atoms with Crippen LogP contribution in [0.4, 0.5) is 0 Å². The largest absolute Gasteiger partial charge is 0.388 e. The monoisotopic (exact) mass is 287 g/mol. The molecule has 0 aliphatic heterocycles. The Labute approximate surface area is 124 Å². The first-order chi connectivity index (χ1) is 9.89. The number of aliphatic hydroxyl groups excluding tert-OH is 1. The summed E-state index contributed by atoms with van der Waals surface area (Å²) in [6, 6.07) is 8.95. The average molecular weight is 287 g/mol. The molecular formula is C16H21N3O2. The lowest BCUT2D eigenvalue weighted by atomic mass is 9.87. The minimum atomic E-state index is -0.751. The maximum atomic E-state index is 12.3. The second-order valence-electron chi connectivity index (χ2n) is 6.11. The summed E-state index contributed by atoms with van der Waals surface area (Å²) < 4.78 is 1.71. The number of nitrogens with zero attached hydrogens (tertiary/aromatic N) is 2. The van der Waals surface area contributed by atoms with E-state index in [-0.39, 0.29) is 11.3 Å². The first-order valence-electron chi connectivity index (χ1n) is 6.91. The molecular weight excluding hydrogens is 266 g/mol. The smallest absolute Gasteiger partial charge is 0.252 e. The van der Waals surface area contributed by atoms with E-state index < -0.39 is 12.3 Å². The summed E-state index contributed by atoms with van der Waals surface area (Å²) >= 11 is 0. The molecule has 0 aliphatic carbocycles. The zero-order chi connectivity index (χ0) is 15.5. The summed E-state index contributed by atoms with van der Waals surface area (Å²) in [5.74, 6) is -0.224. The highest BCUT2D eigenvalue weighted by Gasteiger charge is 2.32. The van der Waals surface area contributed by atoms with Crippen LogP contribution in [-0.4, -0.2) is 26.7 Å². The molecule has 112 valence electrons. The molecule has 0 bridgehead atoms. The molecule has 0 spiro atoms. The number of amides is 1. The van der Waals surface area contributed by atoms with Crippen LogP contribution in [-0.2, 0) is 0 Å². The molecule has 0 fully saturated rings. The van der Waals surface area contributed by atoms with Gasteiger partial charge in [-0.2, -0.15) is 0 Å². The number of aliphatic hydroxyl groups is 1. The lowest BCUT2D eigenvalue weighted by molar-refractivity contribution is 0.00490. The van der Waals surface area contributed by atoms with Gasteiger partial charge in [0, 0.05) is 18.0 Å². The van der Waals surface area contributed by atoms with E-state index in [0.29, 0.717) is 5.56 Å². The molecule has 0 radical (unpaired) electrons. The van der Waals surface area contributed by atoms with Crippen LogP contribution in [0.2, 0.25) is 0 Å². The van der Waals surface area contributed by atoms with Gasteiger partial charge >= 0.3 is 0 Å². The van der Waals surface area contributed by atoms with E-state index in [1.807, 2.05) is 26.8 Å². The van der Waals surface area contributed by atoms with Gasteiger partial charge in [-0.1, -0.05) is 39.0 Å². The Bertz CT molecular complexity index is 573. The van der Waals surface area contributed by atoms with Crippen LogP contribution in [0.5, 0.6) is 0 Å². The second kappa shape index (κ2) is 6.10. The third-order valence-electron chi connectivity index (χ3n) is 3.35. The number of nitrogens with one attached hydrogen (secondary N) is 1. The first kappa shape index (κ1) is 15.3. The fourth-order valence-corrected chi connectivity index (χ4v) is 2.03. The highest BCUT2D eigenvalue weighted by molar-refractivity contribution is 5.94. The van der Waals surface area contributed by atoms with Crippen molar-refractivity contribution in [2.24, 2.45) is 5.41 Å². The quantitative estimate of drug-likeness (QED) is 0.906. The van der Waals surface area contributed by atoms with Crippen LogP contribution in [0.1, 0.15) is 37.3 Å². The first-order valence-corrected chi connectivity index (χ1v) is 6.91. The van der Waals surface area contributed by atoms with E-state index in [2.05, 4.69) is 10.3 Å². The van der Waals surface area contributed by atoms with Gasteiger partial charge in [0.05, 0.1) is 12.4 Å². The van der Waals surface area contributed by atoms with Crippen LogP contribution < -0.4 is 5.32 Å². The Balaban J connectivity index is 2.23. The summed E-state index contributed by atoms with van der Waals surface area (Å²) in [5.41, 5.74) is 0.183. The summed E-state index contributed by atoms with van der Waals surface area (Å²) in [7, 11) is 0. The number of hydrogen-bond donors (Lipinski definition) is 2. The van der Waals surface area contributed by atoms with Crippen molar-refractivity contribution in [3.63, 3.8) is 0 Å². The summed E-state index contributed by atoms with van der Waals surface area (Å²) in [6.07, 6.45) is 3.62. The maximum Gasteiger partial charge on any atom is 0.252 e. The van der Waals surface area contributed by atoms with E-state index in [0.717, 1.165) is 0 Å². The zero-order valence-electron chi connectivity index (χ0n) is 12.5. The Kier molecular flexibility index (Phi) is 4.43. The number of carbonyl (C=O) groups is 1. The molecule has 0 aliphatic rings. The molecule has 1 aromatic heterocycles. The predicted octanol–water partition coefficient (Wildman–Crippen LogP) is 2.22. The topological polar surface area (TPSA) is 67.2 Å². The number of aromatic nitrogens is 2. The van der Waals surface area contributed by atoms with Crippen LogP contribution in [0.25, 0.3) is 0 Å². The molecule has 2 aromatic rings. The van der Waals surface area contributed by atoms with Gasteiger partial charge in [-0.05, 0) is 17.5 Å². The maximum absolute atomic E-state index is 12.3. The second-order valence-corrected chi connectivity index (χ2v) is 6.11. The Morgan fingerprint density at radius 2 is 1.95 bits per heavy atom. The Hall–Kier alpha value is -2.14. The summed E-state index contributed by atoms with van der Waals surface area (Å²) in [6.45, 7) is 5.78. The molecule has 5 nitrogen and oxygen atoms in total. The SMILES string of the molecule is CC(C)(C)C(O)C(NC(=O)c1ccccc1)n1ccnc1. The van der Waals surface area contributed by atoms with Crippen LogP contribution in [0.15, 0.2) is 49.1 Å². The summed E-state index contributed by atoms with van der Waals surface area (Å²) in [5, 5.41) is 13.4. The predicted molar refractivity (Wildman–Crippen MR) is 80.6 cm³/mol.